The van der Waals surface area contributed by atoms with E-state index in [0.29, 0.717) is 0 Å². The van der Waals surface area contributed by atoms with Crippen molar-refractivity contribution < 1.29 is 28.9 Å². The van der Waals surface area contributed by atoms with Crippen molar-refractivity contribution in [1.82, 2.24) is 15.0 Å². The van der Waals surface area contributed by atoms with Gasteiger partial charge in [-0.3, -0.25) is 9.37 Å². The van der Waals surface area contributed by atoms with Crippen LogP contribution < -0.4 is 5.19 Å². The summed E-state index contributed by atoms with van der Waals surface area (Å²) in [5.74, 6) is -0.0807. The van der Waals surface area contributed by atoms with E-state index in [-0.39, 0.29) is 31.8 Å². The monoisotopic (exact) mass is 890 g/mol. The number of halogens is 1. The van der Waals surface area contributed by atoms with Gasteiger partial charge in [0, 0.05) is 55.3 Å². The fraction of sp³-hybridized carbons (Fsp3) is 0.152. The first-order chi connectivity index (χ1) is 25.1. The average molecular weight is 890 g/mol. The van der Waals surface area contributed by atoms with E-state index in [1.165, 1.54) is 34.0 Å². The molecule has 4 aromatic heterocycles. The van der Waals surface area contributed by atoms with Crippen LogP contribution in [0.15, 0.2) is 138 Å². The second kappa shape index (κ2) is 16.3. The number of fused-ring (bicyclic) bond motifs is 3. The molecule has 0 spiro atoms. The van der Waals surface area contributed by atoms with Crippen LogP contribution >= 0.6 is 0 Å². The van der Waals surface area contributed by atoms with Gasteiger partial charge in [0.1, 0.15) is 5.58 Å². The second-order valence-corrected chi connectivity index (χ2v) is 19.2. The number of pyridine rings is 3. The number of hydrogen-bond acceptors (Lipinski definition) is 4. The Labute approximate surface area is 325 Å². The molecule has 0 bridgehead atoms. The molecule has 0 N–H and O–H groups in total. The molecule has 7 heteroatoms. The summed E-state index contributed by atoms with van der Waals surface area (Å²) in [6.45, 7) is 11.1. The molecule has 267 valence electrons. The zero-order chi connectivity index (χ0) is 36.2. The van der Waals surface area contributed by atoms with Crippen molar-refractivity contribution in [2.75, 3.05) is 0 Å². The second-order valence-electron chi connectivity index (χ2n) is 14.2. The van der Waals surface area contributed by atoms with Gasteiger partial charge in [-0.2, -0.15) is 0 Å². The summed E-state index contributed by atoms with van der Waals surface area (Å²) >= 11 is 0. The molecule has 0 aliphatic carbocycles. The van der Waals surface area contributed by atoms with Crippen LogP contribution in [0.3, 0.4) is 0 Å². The Kier molecular flexibility index (Phi) is 11.6. The molecule has 0 amide bonds. The molecule has 0 aliphatic rings. The standard InChI is InChI=1S/C32H25N2O.C14H15FNSi.Ir/c1-21(25-12-7-4-8-13-25)29-20-28-26-14-9-15-27(32(26)35-31(28)22(2)34-29)30-19-24(16-17-33-30)18-23-10-5-3-6-11-23;1-17(2,3)13-8-9-14(16-10-13)11-4-6-12(15)7-5-11;/h3-14,16-17,19-21H,18H2,1-2H3;4,6-10H,1-3H3;/q2*-1;. The van der Waals surface area contributed by atoms with E-state index in [1.54, 1.807) is 6.07 Å². The molecule has 4 nitrogen and oxygen atoms in total. The molecule has 0 saturated carbocycles. The van der Waals surface area contributed by atoms with Gasteiger partial charge in [0.25, 0.3) is 0 Å². The van der Waals surface area contributed by atoms with Crippen molar-refractivity contribution in [3.8, 4) is 22.5 Å². The minimum atomic E-state index is -1.30. The molecule has 53 heavy (non-hydrogen) atoms. The number of nitrogens with zero attached hydrogens (tertiary/aromatic N) is 3. The Morgan fingerprint density at radius 2 is 1.51 bits per heavy atom. The van der Waals surface area contributed by atoms with Crippen LogP contribution in [0.25, 0.3) is 44.5 Å². The fourth-order valence-corrected chi connectivity index (χ4v) is 7.39. The van der Waals surface area contributed by atoms with E-state index in [4.69, 9.17) is 9.40 Å². The number of hydrogen-bond donors (Lipinski definition) is 0. The average Bonchev–Trinajstić information content (AvgIpc) is 3.55. The summed E-state index contributed by atoms with van der Waals surface area (Å²) < 4.78 is 19.2. The summed E-state index contributed by atoms with van der Waals surface area (Å²) in [6.07, 6.45) is 4.66. The fourth-order valence-electron chi connectivity index (χ4n) is 6.36. The summed E-state index contributed by atoms with van der Waals surface area (Å²) in [4.78, 5) is 14.0. The van der Waals surface area contributed by atoms with Gasteiger partial charge >= 0.3 is 0 Å². The van der Waals surface area contributed by atoms with Crippen LogP contribution in [0.2, 0.25) is 19.6 Å². The summed E-state index contributed by atoms with van der Waals surface area (Å²) in [7, 11) is -1.30. The van der Waals surface area contributed by atoms with E-state index in [0.717, 1.165) is 62.3 Å². The van der Waals surface area contributed by atoms with Gasteiger partial charge in [-0.05, 0) is 58.7 Å². The Morgan fingerprint density at radius 1 is 0.755 bits per heavy atom. The molecule has 1 unspecified atom stereocenters. The topological polar surface area (TPSA) is 51.8 Å². The smallest absolute Gasteiger partial charge is 0.142 e. The van der Waals surface area contributed by atoms with Gasteiger partial charge in [0.05, 0.1) is 19.4 Å². The maximum Gasteiger partial charge on any atom is 0.142 e. The predicted octanol–water partition coefficient (Wildman–Crippen LogP) is 11.1. The summed E-state index contributed by atoms with van der Waals surface area (Å²) in [5, 5.41) is 3.47. The molecular formula is C46H40FIrN3OSi-2. The SMILES string of the molecule is C[Si](C)(C)c1ccc(-c2[c-]cc(F)cc2)nc1.Cc1nc(C(C)c2ccccc2)cc2c1oc1c(-c3cc(Cc4ccccc4)ccn3)[c-]ccc12.[Ir]. The molecule has 0 aliphatic heterocycles. The summed E-state index contributed by atoms with van der Waals surface area (Å²) in [5.41, 5.74) is 10.7. The van der Waals surface area contributed by atoms with Crippen molar-refractivity contribution in [3.63, 3.8) is 0 Å². The molecule has 4 aromatic carbocycles. The van der Waals surface area contributed by atoms with Gasteiger partial charge in [0.2, 0.25) is 0 Å². The van der Waals surface area contributed by atoms with E-state index in [2.05, 4.69) is 128 Å². The molecular weight excluding hydrogens is 850 g/mol. The first-order valence-electron chi connectivity index (χ1n) is 17.6. The number of rotatable bonds is 7. The largest absolute Gasteiger partial charge is 0.499 e. The van der Waals surface area contributed by atoms with Crippen LogP contribution in [0.1, 0.15) is 40.9 Å². The van der Waals surface area contributed by atoms with Crippen LogP contribution in [0.4, 0.5) is 4.39 Å². The third-order valence-electron chi connectivity index (χ3n) is 9.36. The van der Waals surface area contributed by atoms with Gasteiger partial charge < -0.3 is 14.4 Å². The van der Waals surface area contributed by atoms with Crippen LogP contribution in [0, 0.1) is 24.9 Å². The minimum absolute atomic E-state index is 0. The van der Waals surface area contributed by atoms with E-state index in [1.807, 2.05) is 43.6 Å². The first kappa shape index (κ1) is 37.7. The molecule has 0 fully saturated rings. The maximum absolute atomic E-state index is 12.8. The summed E-state index contributed by atoms with van der Waals surface area (Å²) in [6, 6.07) is 46.3. The van der Waals surface area contributed by atoms with Gasteiger partial charge in [0.15, 0.2) is 0 Å². The minimum Gasteiger partial charge on any atom is -0.499 e. The molecule has 1 atom stereocenters. The Bertz CT molecular complexity index is 2440. The third-order valence-corrected chi connectivity index (χ3v) is 11.4. The molecule has 8 aromatic rings. The third kappa shape index (κ3) is 8.60. The Morgan fingerprint density at radius 3 is 2.19 bits per heavy atom. The van der Waals surface area contributed by atoms with Crippen LogP contribution in [-0.4, -0.2) is 23.0 Å². The van der Waals surface area contributed by atoms with Gasteiger partial charge in [-0.1, -0.05) is 116 Å². The van der Waals surface area contributed by atoms with Crippen molar-refractivity contribution in [1.29, 1.82) is 0 Å². The Hall–Kier alpha value is -5.07. The molecule has 0 saturated heterocycles. The van der Waals surface area contributed by atoms with Crippen molar-refractivity contribution in [3.05, 3.63) is 180 Å². The molecule has 1 radical (unpaired) electrons. The number of aromatic nitrogens is 3. The van der Waals surface area contributed by atoms with Crippen molar-refractivity contribution in [2.45, 2.75) is 45.8 Å². The predicted molar refractivity (Wildman–Crippen MR) is 213 cm³/mol. The maximum atomic E-state index is 12.8. The Balaban J connectivity index is 0.000000226. The number of benzene rings is 4. The number of furan rings is 1. The van der Waals surface area contributed by atoms with Gasteiger partial charge in [-0.15, -0.1) is 48.0 Å². The van der Waals surface area contributed by atoms with E-state index in [9.17, 15) is 4.39 Å². The van der Waals surface area contributed by atoms with E-state index >= 15 is 0 Å². The number of aryl methyl sites for hydroxylation is 1. The zero-order valence-corrected chi connectivity index (χ0v) is 33.8. The quantitative estimate of drug-likeness (QED) is 0.118. The molecule has 8 rings (SSSR count). The van der Waals surface area contributed by atoms with Gasteiger partial charge in [-0.25, -0.2) is 0 Å². The van der Waals surface area contributed by atoms with Crippen molar-refractivity contribution in [2.24, 2.45) is 0 Å². The zero-order valence-electron chi connectivity index (χ0n) is 30.4. The van der Waals surface area contributed by atoms with Crippen LogP contribution in [0.5, 0.6) is 0 Å². The first-order valence-corrected chi connectivity index (χ1v) is 21.1. The van der Waals surface area contributed by atoms with Crippen LogP contribution in [-0.2, 0) is 26.5 Å². The van der Waals surface area contributed by atoms with E-state index < -0.39 is 8.07 Å². The molecule has 4 heterocycles. The van der Waals surface area contributed by atoms with Crippen molar-refractivity contribution >= 4 is 35.2 Å². The normalized spacial score (nSPS) is 11.8.